The van der Waals surface area contributed by atoms with Gasteiger partial charge in [-0.3, -0.25) is 9.59 Å². The number of fused-ring (bicyclic) bond motifs is 2. The van der Waals surface area contributed by atoms with Gasteiger partial charge >= 0.3 is 5.97 Å². The summed E-state index contributed by atoms with van der Waals surface area (Å²) in [4.78, 5) is 24.9. The third-order valence-electron chi connectivity index (χ3n) is 6.24. The number of sulfonamides is 1. The number of benzene rings is 1. The molecule has 29 heavy (non-hydrogen) atoms. The van der Waals surface area contributed by atoms with Crippen LogP contribution in [0.3, 0.4) is 0 Å². The number of ether oxygens (including phenoxy) is 1. The first kappa shape index (κ1) is 21.8. The zero-order chi connectivity index (χ0) is 21.3. The highest BCUT2D eigenvalue weighted by molar-refractivity contribution is 7.89. The summed E-state index contributed by atoms with van der Waals surface area (Å²) in [7, 11) is -0.713. The van der Waals surface area contributed by atoms with Gasteiger partial charge in [0.25, 0.3) is 5.91 Å². The van der Waals surface area contributed by atoms with Gasteiger partial charge in [-0.15, -0.1) is 0 Å². The first-order valence-electron chi connectivity index (χ1n) is 10.1. The van der Waals surface area contributed by atoms with Gasteiger partial charge in [0.2, 0.25) is 10.0 Å². The molecule has 0 aliphatic heterocycles. The highest BCUT2D eigenvalue weighted by atomic mass is 32.2. The molecule has 1 aromatic rings. The second-order valence-electron chi connectivity index (χ2n) is 8.52. The van der Waals surface area contributed by atoms with Crippen LogP contribution < -0.4 is 5.32 Å². The number of rotatable bonds is 7. The van der Waals surface area contributed by atoms with Gasteiger partial charge < -0.3 is 10.1 Å². The molecule has 0 unspecified atom stereocenters. The fourth-order valence-electron chi connectivity index (χ4n) is 4.48. The summed E-state index contributed by atoms with van der Waals surface area (Å²) in [5.41, 5.74) is 1.10. The van der Waals surface area contributed by atoms with Crippen LogP contribution in [0.4, 0.5) is 5.69 Å². The van der Waals surface area contributed by atoms with Crippen molar-refractivity contribution in [3.05, 3.63) is 23.8 Å². The van der Waals surface area contributed by atoms with Gasteiger partial charge in [0.1, 0.15) is 0 Å². The molecule has 1 amide bonds. The number of carbonyl (C=O) groups is 2. The van der Waals surface area contributed by atoms with Crippen LogP contribution in [0.1, 0.15) is 44.6 Å². The van der Waals surface area contributed by atoms with Gasteiger partial charge in [-0.25, -0.2) is 12.7 Å². The Morgan fingerprint density at radius 3 is 2.55 bits per heavy atom. The summed E-state index contributed by atoms with van der Waals surface area (Å²) in [6.45, 7) is 3.30. The highest BCUT2D eigenvalue weighted by Gasteiger charge is 2.40. The Balaban J connectivity index is 1.60. The quantitative estimate of drug-likeness (QED) is 0.682. The van der Waals surface area contributed by atoms with Crippen molar-refractivity contribution in [1.29, 1.82) is 0 Å². The highest BCUT2D eigenvalue weighted by Crippen LogP contribution is 2.49. The van der Waals surface area contributed by atoms with Crippen LogP contribution in [0, 0.1) is 24.7 Å². The molecule has 1 aromatic carbocycles. The normalized spacial score (nSPS) is 24.5. The van der Waals surface area contributed by atoms with Crippen LogP contribution in [0.5, 0.6) is 0 Å². The second-order valence-corrected chi connectivity index (χ2v) is 10.7. The molecule has 2 saturated carbocycles. The van der Waals surface area contributed by atoms with Crippen LogP contribution in [0.15, 0.2) is 23.1 Å². The number of anilines is 1. The van der Waals surface area contributed by atoms with Crippen LogP contribution in [0.25, 0.3) is 0 Å². The predicted octanol–water partition coefficient (Wildman–Crippen LogP) is 2.94. The first-order chi connectivity index (χ1) is 13.6. The molecule has 7 nitrogen and oxygen atoms in total. The molecule has 0 heterocycles. The van der Waals surface area contributed by atoms with E-state index < -0.39 is 22.0 Å². The van der Waals surface area contributed by atoms with Crippen LogP contribution >= 0.6 is 0 Å². The van der Waals surface area contributed by atoms with E-state index in [2.05, 4.69) is 5.32 Å². The molecule has 2 bridgehead atoms. The topological polar surface area (TPSA) is 92.8 Å². The van der Waals surface area contributed by atoms with E-state index in [-0.39, 0.29) is 10.9 Å². The summed E-state index contributed by atoms with van der Waals surface area (Å²) in [5, 5.41) is 2.69. The number of aryl methyl sites for hydroxylation is 1. The van der Waals surface area contributed by atoms with Crippen LogP contribution in [-0.2, 0) is 24.3 Å². The SMILES string of the molecule is Cc1ccc(S(=O)(=O)N(C)C)cc1NC(=O)[C@@H](C)OC(=O)C[C@@H]1C[C@H]2CC[C@H]1C2. The molecule has 0 radical (unpaired) electrons. The molecule has 0 spiro atoms. The molecule has 2 aliphatic carbocycles. The van der Waals surface area contributed by atoms with Crippen molar-refractivity contribution in [2.45, 2.75) is 57.0 Å². The Morgan fingerprint density at radius 1 is 1.24 bits per heavy atom. The molecule has 2 aliphatic rings. The summed E-state index contributed by atoms with van der Waals surface area (Å²) in [6.07, 6.45) is 4.20. The van der Waals surface area contributed by atoms with Crippen LogP contribution in [0.2, 0.25) is 0 Å². The zero-order valence-electron chi connectivity index (χ0n) is 17.5. The number of esters is 1. The monoisotopic (exact) mass is 422 g/mol. The lowest BCUT2D eigenvalue weighted by Gasteiger charge is -2.21. The van der Waals surface area contributed by atoms with Crippen molar-refractivity contribution in [2.75, 3.05) is 19.4 Å². The smallest absolute Gasteiger partial charge is 0.306 e. The Labute approximate surface area is 172 Å². The molecule has 2 fully saturated rings. The van der Waals surface area contributed by atoms with E-state index in [0.717, 1.165) is 22.2 Å². The number of carbonyl (C=O) groups excluding carboxylic acids is 2. The third kappa shape index (κ3) is 4.80. The fourth-order valence-corrected chi connectivity index (χ4v) is 5.41. The number of nitrogens with zero attached hydrogens (tertiary/aromatic N) is 1. The van der Waals surface area contributed by atoms with Gasteiger partial charge in [-0.1, -0.05) is 12.5 Å². The standard InChI is InChI=1S/C21H30N2O5S/c1-13-5-8-18(29(26,27)23(3)4)12-19(13)22-21(25)14(2)28-20(24)11-17-10-15-6-7-16(17)9-15/h5,8,12,14-17H,6-7,9-11H2,1-4H3,(H,22,25)/t14-,15+,16+,17+/m1/s1. The van der Waals surface area contributed by atoms with Crippen LogP contribution in [-0.4, -0.2) is 44.8 Å². The fraction of sp³-hybridized carbons (Fsp3) is 0.619. The van der Waals surface area contributed by atoms with Crippen molar-refractivity contribution in [1.82, 2.24) is 4.31 Å². The number of hydrogen-bond donors (Lipinski definition) is 1. The van der Waals surface area contributed by atoms with E-state index in [9.17, 15) is 18.0 Å². The summed E-state index contributed by atoms with van der Waals surface area (Å²) >= 11 is 0. The number of hydrogen-bond acceptors (Lipinski definition) is 5. The lowest BCUT2D eigenvalue weighted by molar-refractivity contribution is -0.154. The molecular weight excluding hydrogens is 392 g/mol. The molecule has 8 heteroatoms. The lowest BCUT2D eigenvalue weighted by atomic mass is 9.86. The molecule has 0 saturated heterocycles. The molecule has 3 rings (SSSR count). The van der Waals surface area contributed by atoms with E-state index in [1.54, 1.807) is 13.0 Å². The van der Waals surface area contributed by atoms with Gasteiger partial charge in [-0.2, -0.15) is 0 Å². The maximum absolute atomic E-state index is 12.5. The summed E-state index contributed by atoms with van der Waals surface area (Å²) < 4.78 is 31.1. The van der Waals surface area contributed by atoms with Crippen molar-refractivity contribution in [2.24, 2.45) is 17.8 Å². The Bertz CT molecular complexity index is 896. The van der Waals surface area contributed by atoms with Crippen molar-refractivity contribution in [3.8, 4) is 0 Å². The Kier molecular flexibility index (Phi) is 6.33. The average molecular weight is 423 g/mol. The number of nitrogens with one attached hydrogen (secondary N) is 1. The van der Waals surface area contributed by atoms with E-state index >= 15 is 0 Å². The van der Waals surface area contributed by atoms with Gasteiger partial charge in [0.15, 0.2) is 6.10 Å². The number of amides is 1. The average Bonchev–Trinajstić information content (AvgIpc) is 3.25. The molecule has 160 valence electrons. The Morgan fingerprint density at radius 2 is 1.97 bits per heavy atom. The summed E-state index contributed by atoms with van der Waals surface area (Å²) in [6, 6.07) is 4.56. The van der Waals surface area contributed by atoms with E-state index in [4.69, 9.17) is 4.74 Å². The molecule has 0 aromatic heterocycles. The minimum absolute atomic E-state index is 0.0873. The maximum atomic E-state index is 12.5. The van der Waals surface area contributed by atoms with Gasteiger partial charge in [-0.05, 0) is 68.6 Å². The lowest BCUT2D eigenvalue weighted by Crippen LogP contribution is -2.31. The predicted molar refractivity (Wildman–Crippen MR) is 110 cm³/mol. The minimum atomic E-state index is -3.61. The largest absolute Gasteiger partial charge is 0.453 e. The van der Waals surface area contributed by atoms with E-state index in [1.165, 1.54) is 52.4 Å². The molecule has 4 atom stereocenters. The maximum Gasteiger partial charge on any atom is 0.306 e. The minimum Gasteiger partial charge on any atom is -0.453 e. The van der Waals surface area contributed by atoms with E-state index in [0.29, 0.717) is 23.9 Å². The summed E-state index contributed by atoms with van der Waals surface area (Å²) in [5.74, 6) is 0.944. The van der Waals surface area contributed by atoms with Crippen molar-refractivity contribution in [3.63, 3.8) is 0 Å². The van der Waals surface area contributed by atoms with Gasteiger partial charge in [0.05, 0.1) is 4.90 Å². The van der Waals surface area contributed by atoms with Crippen molar-refractivity contribution >= 4 is 27.6 Å². The van der Waals surface area contributed by atoms with E-state index in [1.807, 2.05) is 0 Å². The second kappa shape index (κ2) is 8.44. The molecular formula is C21H30N2O5S. The van der Waals surface area contributed by atoms with Gasteiger partial charge in [0, 0.05) is 26.2 Å². The zero-order valence-corrected chi connectivity index (χ0v) is 18.3. The third-order valence-corrected chi connectivity index (χ3v) is 8.05. The molecule has 1 N–H and O–H groups in total. The Hall–Kier alpha value is -1.93. The van der Waals surface area contributed by atoms with Crippen molar-refractivity contribution < 1.29 is 22.7 Å². The first-order valence-corrected chi connectivity index (χ1v) is 11.6.